The fourth-order valence-corrected chi connectivity index (χ4v) is 2.40. The van der Waals surface area contributed by atoms with Crippen LogP contribution in [-0.4, -0.2) is 6.54 Å². The van der Waals surface area contributed by atoms with E-state index in [1.54, 1.807) is 0 Å². The number of terminal acetylenes is 1. The van der Waals surface area contributed by atoms with Crippen LogP contribution in [0.2, 0.25) is 0 Å². The summed E-state index contributed by atoms with van der Waals surface area (Å²) in [5.74, 6) is 3.64. The summed E-state index contributed by atoms with van der Waals surface area (Å²) >= 11 is 3.47. The van der Waals surface area contributed by atoms with E-state index in [0.29, 0.717) is 0 Å². The van der Waals surface area contributed by atoms with E-state index in [4.69, 9.17) is 10.8 Å². The molecule has 0 saturated heterocycles. The summed E-state index contributed by atoms with van der Waals surface area (Å²) in [6.45, 7) is 3.08. The summed E-state index contributed by atoms with van der Waals surface area (Å²) in [5.41, 5.74) is 0.930. The van der Waals surface area contributed by atoms with Crippen molar-refractivity contribution in [2.24, 2.45) is 0 Å². The van der Waals surface area contributed by atoms with E-state index in [9.17, 15) is 0 Å². The maximum atomic E-state index is 5.85. The second kappa shape index (κ2) is 6.79. The molecular formula is C16H18BrNO. The topological polar surface area (TPSA) is 25.2 Å². The summed E-state index contributed by atoms with van der Waals surface area (Å²) in [5, 5.41) is 4.59. The van der Waals surface area contributed by atoms with Gasteiger partial charge in [-0.2, -0.15) is 0 Å². The number of nitrogens with one attached hydrogen (secondary N) is 1. The third-order valence-electron chi connectivity index (χ3n) is 3.12. The number of halogens is 1. The van der Waals surface area contributed by atoms with Crippen molar-refractivity contribution in [2.45, 2.75) is 32.2 Å². The van der Waals surface area contributed by atoms with Crippen molar-refractivity contribution >= 4 is 26.9 Å². The van der Waals surface area contributed by atoms with Crippen molar-refractivity contribution in [1.82, 2.24) is 5.32 Å². The van der Waals surface area contributed by atoms with Crippen molar-refractivity contribution in [1.29, 1.82) is 0 Å². The average Bonchev–Trinajstić information content (AvgIpc) is 2.81. The molecule has 2 nitrogen and oxygen atoms in total. The zero-order valence-corrected chi connectivity index (χ0v) is 12.7. The first kappa shape index (κ1) is 14.2. The number of hydrogen-bond donors (Lipinski definition) is 1. The standard InChI is InChI=1S/C16H18BrNO/c1-3-4-5-6-9-18-12(2)16-11-13-10-14(17)7-8-15(13)19-16/h1,7-8,10-12,18H,4-6,9H2,2H3. The molecule has 1 aromatic carbocycles. The number of unbranched alkanes of at least 4 members (excludes halogenated alkanes) is 2. The zero-order valence-electron chi connectivity index (χ0n) is 11.1. The molecule has 0 spiro atoms. The first-order chi connectivity index (χ1) is 9.20. The van der Waals surface area contributed by atoms with Crippen LogP contribution in [0.1, 0.15) is 38.0 Å². The second-order valence-corrected chi connectivity index (χ2v) is 5.58. The molecule has 3 heteroatoms. The minimum Gasteiger partial charge on any atom is -0.459 e. The normalized spacial score (nSPS) is 12.5. The molecule has 2 rings (SSSR count). The van der Waals surface area contributed by atoms with Gasteiger partial charge in [0.2, 0.25) is 0 Å². The molecule has 0 saturated carbocycles. The highest BCUT2D eigenvalue weighted by Crippen LogP contribution is 2.26. The second-order valence-electron chi connectivity index (χ2n) is 4.67. The predicted molar refractivity (Wildman–Crippen MR) is 83.0 cm³/mol. The summed E-state index contributed by atoms with van der Waals surface area (Å²) in [6.07, 6.45) is 8.25. The predicted octanol–water partition coefficient (Wildman–Crippen LogP) is 4.65. The van der Waals surface area contributed by atoms with Crippen molar-refractivity contribution in [3.63, 3.8) is 0 Å². The molecular weight excluding hydrogens is 302 g/mol. The smallest absolute Gasteiger partial charge is 0.134 e. The summed E-state index contributed by atoms with van der Waals surface area (Å²) in [7, 11) is 0. The molecule has 1 heterocycles. The lowest BCUT2D eigenvalue weighted by Crippen LogP contribution is -2.19. The van der Waals surface area contributed by atoms with E-state index in [2.05, 4.69) is 46.2 Å². The number of fused-ring (bicyclic) bond motifs is 1. The minimum atomic E-state index is 0.219. The highest BCUT2D eigenvalue weighted by Gasteiger charge is 2.10. The Hall–Kier alpha value is -1.24. The zero-order chi connectivity index (χ0) is 13.7. The molecule has 0 aliphatic carbocycles. The summed E-state index contributed by atoms with van der Waals surface area (Å²) in [4.78, 5) is 0. The Morgan fingerprint density at radius 3 is 3.00 bits per heavy atom. The Labute approximate surface area is 122 Å². The lowest BCUT2D eigenvalue weighted by molar-refractivity contribution is 0.447. The van der Waals surface area contributed by atoms with Gasteiger partial charge in [-0.1, -0.05) is 15.9 Å². The van der Waals surface area contributed by atoms with Gasteiger partial charge in [0.1, 0.15) is 11.3 Å². The largest absolute Gasteiger partial charge is 0.459 e. The molecule has 0 aliphatic rings. The van der Waals surface area contributed by atoms with E-state index in [1.807, 2.05) is 12.1 Å². The van der Waals surface area contributed by atoms with Gasteiger partial charge in [-0.15, -0.1) is 12.3 Å². The van der Waals surface area contributed by atoms with E-state index in [0.717, 1.165) is 47.0 Å². The third-order valence-corrected chi connectivity index (χ3v) is 3.62. The molecule has 0 radical (unpaired) electrons. The minimum absolute atomic E-state index is 0.219. The Morgan fingerprint density at radius 2 is 2.21 bits per heavy atom. The van der Waals surface area contributed by atoms with Gasteiger partial charge in [-0.05, 0) is 50.6 Å². The van der Waals surface area contributed by atoms with Crippen LogP contribution < -0.4 is 5.32 Å². The van der Waals surface area contributed by atoms with Crippen molar-refractivity contribution < 1.29 is 4.42 Å². The monoisotopic (exact) mass is 319 g/mol. The molecule has 1 aromatic heterocycles. The number of rotatable bonds is 6. The van der Waals surface area contributed by atoms with Gasteiger partial charge < -0.3 is 9.73 Å². The molecule has 1 atom stereocenters. The fourth-order valence-electron chi connectivity index (χ4n) is 2.02. The first-order valence-corrected chi connectivity index (χ1v) is 7.36. The highest BCUT2D eigenvalue weighted by molar-refractivity contribution is 9.10. The van der Waals surface area contributed by atoms with Crippen LogP contribution in [0.5, 0.6) is 0 Å². The lowest BCUT2D eigenvalue weighted by atomic mass is 10.2. The van der Waals surface area contributed by atoms with Crippen molar-refractivity contribution in [2.75, 3.05) is 6.54 Å². The van der Waals surface area contributed by atoms with Gasteiger partial charge in [0.25, 0.3) is 0 Å². The van der Waals surface area contributed by atoms with Gasteiger partial charge >= 0.3 is 0 Å². The Balaban J connectivity index is 1.94. The van der Waals surface area contributed by atoms with Gasteiger partial charge in [0, 0.05) is 16.3 Å². The molecule has 2 aromatic rings. The van der Waals surface area contributed by atoms with Crippen LogP contribution in [-0.2, 0) is 0 Å². The number of benzene rings is 1. The quantitative estimate of drug-likeness (QED) is 0.619. The van der Waals surface area contributed by atoms with Gasteiger partial charge in [-0.25, -0.2) is 0 Å². The Morgan fingerprint density at radius 1 is 1.37 bits per heavy atom. The van der Waals surface area contributed by atoms with Gasteiger partial charge in [-0.3, -0.25) is 0 Å². The van der Waals surface area contributed by atoms with Crippen LogP contribution in [0.25, 0.3) is 11.0 Å². The maximum Gasteiger partial charge on any atom is 0.134 e. The van der Waals surface area contributed by atoms with Gasteiger partial charge in [0.05, 0.1) is 6.04 Å². The van der Waals surface area contributed by atoms with Crippen molar-refractivity contribution in [3.05, 3.63) is 34.5 Å². The summed E-state index contributed by atoms with van der Waals surface area (Å²) in [6, 6.07) is 8.37. The van der Waals surface area contributed by atoms with E-state index in [1.165, 1.54) is 0 Å². The van der Waals surface area contributed by atoms with Crippen LogP contribution in [0, 0.1) is 12.3 Å². The lowest BCUT2D eigenvalue weighted by Gasteiger charge is -2.10. The number of hydrogen-bond acceptors (Lipinski definition) is 2. The van der Waals surface area contributed by atoms with Crippen LogP contribution in [0.3, 0.4) is 0 Å². The Kier molecular flexibility index (Phi) is 5.07. The number of furan rings is 1. The molecule has 19 heavy (non-hydrogen) atoms. The Bertz CT molecular complexity index is 582. The maximum absolute atomic E-state index is 5.85. The van der Waals surface area contributed by atoms with Crippen molar-refractivity contribution in [3.8, 4) is 12.3 Å². The van der Waals surface area contributed by atoms with Crippen LogP contribution >= 0.6 is 15.9 Å². The first-order valence-electron chi connectivity index (χ1n) is 6.56. The third kappa shape index (κ3) is 3.86. The molecule has 0 amide bonds. The molecule has 0 aliphatic heterocycles. The average molecular weight is 320 g/mol. The fraction of sp³-hybridized carbons (Fsp3) is 0.375. The molecule has 100 valence electrons. The molecule has 1 unspecified atom stereocenters. The van der Waals surface area contributed by atoms with Crippen LogP contribution in [0.4, 0.5) is 0 Å². The SMILES string of the molecule is C#CCCCCNC(C)c1cc2cc(Br)ccc2o1. The molecule has 0 bridgehead atoms. The molecule has 1 N–H and O–H groups in total. The summed E-state index contributed by atoms with van der Waals surface area (Å²) < 4.78 is 6.92. The van der Waals surface area contributed by atoms with Crippen LogP contribution in [0.15, 0.2) is 33.2 Å². The molecule has 0 fully saturated rings. The van der Waals surface area contributed by atoms with E-state index >= 15 is 0 Å². The van der Waals surface area contributed by atoms with E-state index in [-0.39, 0.29) is 6.04 Å². The highest BCUT2D eigenvalue weighted by atomic mass is 79.9. The van der Waals surface area contributed by atoms with Gasteiger partial charge in [0.15, 0.2) is 0 Å². The van der Waals surface area contributed by atoms with E-state index < -0.39 is 0 Å².